The number of hydrogen-bond donors (Lipinski definition) is 0. The van der Waals surface area contributed by atoms with Gasteiger partial charge in [0.25, 0.3) is 0 Å². The molecule has 0 spiro atoms. The Morgan fingerprint density at radius 2 is 2.15 bits per heavy atom. The van der Waals surface area contributed by atoms with E-state index < -0.39 is 0 Å². The zero-order chi connectivity index (χ0) is 9.26. The second kappa shape index (κ2) is 3.20. The van der Waals surface area contributed by atoms with Crippen molar-refractivity contribution in [1.82, 2.24) is 0 Å². The van der Waals surface area contributed by atoms with E-state index in [-0.39, 0.29) is 6.04 Å². The number of nitrogens with zero attached hydrogens (tertiary/aromatic N) is 1. The topological polar surface area (TPSA) is 4.36 Å². The Labute approximate surface area is 81.5 Å². The van der Waals surface area contributed by atoms with Gasteiger partial charge in [-0.15, -0.1) is 11.3 Å². The number of hydrogen-bond acceptors (Lipinski definition) is 1. The van der Waals surface area contributed by atoms with Crippen LogP contribution in [0.1, 0.15) is 18.5 Å². The van der Waals surface area contributed by atoms with Crippen LogP contribution in [-0.2, 0) is 0 Å². The predicted octanol–water partition coefficient (Wildman–Crippen LogP) is 3.88. The van der Waals surface area contributed by atoms with E-state index in [1.54, 1.807) is 11.3 Å². The Morgan fingerprint density at radius 1 is 1.38 bits per heavy atom. The Balaban J connectivity index is 2.66. The molecule has 1 nitrogen and oxygen atoms in total. The lowest BCUT2D eigenvalue weighted by atomic mass is 10.1. The van der Waals surface area contributed by atoms with Crippen molar-refractivity contribution in [3.63, 3.8) is 0 Å². The molecule has 0 aliphatic rings. The van der Waals surface area contributed by atoms with Crippen LogP contribution in [-0.4, -0.2) is 0 Å². The minimum absolute atomic E-state index is 0.0175. The van der Waals surface area contributed by atoms with Crippen molar-refractivity contribution in [2.45, 2.75) is 13.0 Å². The van der Waals surface area contributed by atoms with Crippen molar-refractivity contribution in [2.24, 2.45) is 0 Å². The highest BCUT2D eigenvalue weighted by atomic mass is 32.1. The van der Waals surface area contributed by atoms with Crippen LogP contribution >= 0.6 is 11.3 Å². The van der Waals surface area contributed by atoms with Gasteiger partial charge in [0, 0.05) is 22.4 Å². The molecule has 0 bridgehead atoms. The summed E-state index contributed by atoms with van der Waals surface area (Å²) in [6.07, 6.45) is 0. The second-order valence-corrected chi connectivity index (χ2v) is 3.90. The molecular formula is C11H9NS. The van der Waals surface area contributed by atoms with Gasteiger partial charge >= 0.3 is 0 Å². The van der Waals surface area contributed by atoms with Gasteiger partial charge in [-0.05, 0) is 6.07 Å². The molecule has 13 heavy (non-hydrogen) atoms. The third-order valence-corrected chi connectivity index (χ3v) is 3.14. The van der Waals surface area contributed by atoms with Crippen LogP contribution in [0.4, 0.5) is 0 Å². The maximum Gasteiger partial charge on any atom is 0.247 e. The molecular weight excluding hydrogens is 178 g/mol. The van der Waals surface area contributed by atoms with Gasteiger partial charge in [0.15, 0.2) is 0 Å². The van der Waals surface area contributed by atoms with E-state index in [4.69, 9.17) is 6.57 Å². The van der Waals surface area contributed by atoms with Crippen LogP contribution in [0.3, 0.4) is 0 Å². The fourth-order valence-corrected chi connectivity index (χ4v) is 2.44. The van der Waals surface area contributed by atoms with Gasteiger partial charge in [-0.25, -0.2) is 6.57 Å². The van der Waals surface area contributed by atoms with E-state index in [2.05, 4.69) is 22.4 Å². The fraction of sp³-hybridized carbons (Fsp3) is 0.182. The van der Waals surface area contributed by atoms with Crippen LogP contribution in [0, 0.1) is 6.57 Å². The summed E-state index contributed by atoms with van der Waals surface area (Å²) in [5, 5.41) is 3.32. The smallest absolute Gasteiger partial charge is 0.247 e. The first-order valence-corrected chi connectivity index (χ1v) is 5.03. The van der Waals surface area contributed by atoms with E-state index in [9.17, 15) is 0 Å². The summed E-state index contributed by atoms with van der Waals surface area (Å²) in [4.78, 5) is 3.54. The summed E-state index contributed by atoms with van der Waals surface area (Å²) in [6, 6.07) is 8.22. The molecule has 0 saturated heterocycles. The molecule has 0 fully saturated rings. The summed E-state index contributed by atoms with van der Waals surface area (Å²) in [7, 11) is 0. The van der Waals surface area contributed by atoms with Gasteiger partial charge in [0.1, 0.15) is 0 Å². The van der Waals surface area contributed by atoms with Crippen LogP contribution in [0.2, 0.25) is 0 Å². The van der Waals surface area contributed by atoms with Gasteiger partial charge in [-0.1, -0.05) is 18.2 Å². The van der Waals surface area contributed by atoms with Gasteiger partial charge in [-0.2, -0.15) is 0 Å². The van der Waals surface area contributed by atoms with Crippen molar-refractivity contribution < 1.29 is 0 Å². The van der Waals surface area contributed by atoms with E-state index in [1.807, 2.05) is 19.1 Å². The van der Waals surface area contributed by atoms with Gasteiger partial charge in [-0.3, -0.25) is 0 Å². The number of benzene rings is 1. The maximum absolute atomic E-state index is 6.99. The first-order valence-electron chi connectivity index (χ1n) is 4.15. The minimum Gasteiger partial charge on any atom is -0.309 e. The van der Waals surface area contributed by atoms with Crippen LogP contribution in [0.5, 0.6) is 0 Å². The van der Waals surface area contributed by atoms with Gasteiger partial charge in [0.05, 0.1) is 5.56 Å². The van der Waals surface area contributed by atoms with Crippen LogP contribution in [0.25, 0.3) is 14.9 Å². The number of rotatable bonds is 1. The lowest BCUT2D eigenvalue weighted by Gasteiger charge is -1.95. The largest absolute Gasteiger partial charge is 0.309 e. The monoisotopic (exact) mass is 187 g/mol. The molecule has 0 amide bonds. The molecule has 0 radical (unpaired) electrons. The second-order valence-electron chi connectivity index (χ2n) is 2.99. The van der Waals surface area contributed by atoms with Crippen LogP contribution in [0.15, 0.2) is 29.6 Å². The molecule has 1 atom stereocenters. The lowest BCUT2D eigenvalue weighted by molar-refractivity contribution is 0.980. The highest BCUT2D eigenvalue weighted by Crippen LogP contribution is 2.31. The fourth-order valence-electron chi connectivity index (χ4n) is 1.39. The summed E-state index contributed by atoms with van der Waals surface area (Å²) < 4.78 is 1.27. The summed E-state index contributed by atoms with van der Waals surface area (Å²) >= 11 is 1.71. The maximum atomic E-state index is 6.99. The zero-order valence-electron chi connectivity index (χ0n) is 7.32. The summed E-state index contributed by atoms with van der Waals surface area (Å²) in [6.45, 7) is 8.94. The predicted molar refractivity (Wildman–Crippen MR) is 56.8 cm³/mol. The molecule has 0 saturated carbocycles. The quantitative estimate of drug-likeness (QED) is 0.597. The van der Waals surface area contributed by atoms with E-state index in [1.165, 1.54) is 10.1 Å². The van der Waals surface area contributed by atoms with Crippen LogP contribution < -0.4 is 0 Å². The van der Waals surface area contributed by atoms with Crippen molar-refractivity contribution in [3.8, 4) is 0 Å². The molecule has 2 heteroatoms. The molecule has 1 heterocycles. The normalized spacial score (nSPS) is 12.6. The zero-order valence-corrected chi connectivity index (χ0v) is 8.14. The molecule has 2 rings (SSSR count). The Kier molecular flexibility index (Phi) is 2.03. The molecule has 0 aliphatic carbocycles. The lowest BCUT2D eigenvalue weighted by Crippen LogP contribution is -1.82. The number of thiophene rings is 1. The van der Waals surface area contributed by atoms with Crippen molar-refractivity contribution in [2.75, 3.05) is 0 Å². The van der Waals surface area contributed by atoms with E-state index >= 15 is 0 Å². The standard InChI is InChI=1S/C11H9NS/c1-8(12-2)10-7-13-11-6-4-3-5-9(10)11/h3-8H,1H3. The average Bonchev–Trinajstić information content (AvgIpc) is 2.60. The molecule has 0 aliphatic heterocycles. The minimum atomic E-state index is -0.0175. The first-order chi connectivity index (χ1) is 6.33. The van der Waals surface area contributed by atoms with E-state index in [0.717, 1.165) is 5.56 Å². The average molecular weight is 187 g/mol. The Bertz CT molecular complexity index is 464. The highest BCUT2D eigenvalue weighted by Gasteiger charge is 2.13. The third-order valence-electron chi connectivity index (χ3n) is 2.15. The third kappa shape index (κ3) is 1.32. The molecule has 1 aromatic carbocycles. The van der Waals surface area contributed by atoms with Crippen molar-refractivity contribution in [3.05, 3.63) is 46.6 Å². The highest BCUT2D eigenvalue weighted by molar-refractivity contribution is 7.17. The first kappa shape index (κ1) is 8.28. The van der Waals surface area contributed by atoms with Crippen molar-refractivity contribution in [1.29, 1.82) is 0 Å². The summed E-state index contributed by atoms with van der Waals surface area (Å²) in [5.41, 5.74) is 1.16. The Hall–Kier alpha value is -1.33. The molecule has 64 valence electrons. The van der Waals surface area contributed by atoms with E-state index in [0.29, 0.717) is 0 Å². The van der Waals surface area contributed by atoms with Gasteiger partial charge in [0.2, 0.25) is 6.04 Å². The Morgan fingerprint density at radius 3 is 2.92 bits per heavy atom. The molecule has 1 aromatic heterocycles. The van der Waals surface area contributed by atoms with Gasteiger partial charge < -0.3 is 4.85 Å². The number of fused-ring (bicyclic) bond motifs is 1. The molecule has 2 aromatic rings. The molecule has 0 N–H and O–H groups in total. The summed E-state index contributed by atoms with van der Waals surface area (Å²) in [5.74, 6) is 0. The SMILES string of the molecule is [C-]#[N+]C(C)c1csc2ccccc12. The van der Waals surface area contributed by atoms with Crippen molar-refractivity contribution >= 4 is 21.4 Å². The molecule has 1 unspecified atom stereocenters.